The normalized spacial score (nSPS) is 19.0. The van der Waals surface area contributed by atoms with Crippen LogP contribution in [-0.2, 0) is 4.74 Å². The zero-order valence-electron chi connectivity index (χ0n) is 9.39. The van der Waals surface area contributed by atoms with E-state index in [1.165, 1.54) is 0 Å². The third-order valence-electron chi connectivity index (χ3n) is 2.93. The topological polar surface area (TPSA) is 49.2 Å². The maximum atomic E-state index is 8.84. The van der Waals surface area contributed by atoms with Gasteiger partial charge in [-0.2, -0.15) is 5.26 Å². The highest BCUT2D eigenvalue weighted by Crippen LogP contribution is 2.19. The highest BCUT2D eigenvalue weighted by Gasteiger charge is 2.19. The first kappa shape index (κ1) is 11.1. The van der Waals surface area contributed by atoms with Crippen LogP contribution in [0.25, 0.3) is 0 Å². The lowest BCUT2D eigenvalue weighted by atomic mass is 10.1. The first-order valence-electron chi connectivity index (χ1n) is 5.49. The minimum Gasteiger partial charge on any atom is -0.379 e. The minimum atomic E-state index is 0.247. The Hall–Kier alpha value is -1.44. The number of nitrogens with zero attached hydrogens (tertiary/aromatic N) is 3. The summed E-state index contributed by atoms with van der Waals surface area (Å²) in [5.74, 6) is 0. The molecule has 2 heterocycles. The van der Waals surface area contributed by atoms with Crippen LogP contribution in [0.4, 0.5) is 0 Å². The number of hydrogen-bond acceptors (Lipinski definition) is 4. The fourth-order valence-corrected chi connectivity index (χ4v) is 1.90. The zero-order chi connectivity index (χ0) is 11.4. The first-order chi connectivity index (χ1) is 7.81. The number of ether oxygens (including phenoxy) is 1. The van der Waals surface area contributed by atoms with Gasteiger partial charge in [0.05, 0.1) is 30.5 Å². The highest BCUT2D eigenvalue weighted by molar-refractivity contribution is 5.29. The molecule has 1 atom stereocenters. The molecule has 16 heavy (non-hydrogen) atoms. The molecule has 2 rings (SSSR count). The van der Waals surface area contributed by atoms with Crippen molar-refractivity contribution in [2.75, 3.05) is 26.3 Å². The average molecular weight is 217 g/mol. The van der Waals surface area contributed by atoms with Gasteiger partial charge in [-0.25, -0.2) is 0 Å². The van der Waals surface area contributed by atoms with E-state index in [9.17, 15) is 0 Å². The Kier molecular flexibility index (Phi) is 3.50. The van der Waals surface area contributed by atoms with Gasteiger partial charge >= 0.3 is 0 Å². The number of rotatable bonds is 2. The summed E-state index contributed by atoms with van der Waals surface area (Å²) >= 11 is 0. The van der Waals surface area contributed by atoms with E-state index in [0.717, 1.165) is 32.0 Å². The van der Waals surface area contributed by atoms with Crippen molar-refractivity contribution in [2.45, 2.75) is 13.0 Å². The summed E-state index contributed by atoms with van der Waals surface area (Å²) in [6, 6.07) is 5.98. The molecule has 0 bridgehead atoms. The summed E-state index contributed by atoms with van der Waals surface area (Å²) < 4.78 is 5.32. The van der Waals surface area contributed by atoms with Crippen LogP contribution in [0.15, 0.2) is 18.3 Å². The lowest BCUT2D eigenvalue weighted by Gasteiger charge is -2.31. The standard InChI is InChI=1S/C12H15N3O/c1-10(15-4-6-16-7-5-15)12-8-11(9-13)2-3-14-12/h2-3,8,10H,4-7H2,1H3. The second kappa shape index (κ2) is 5.06. The molecule has 1 fully saturated rings. The van der Waals surface area contributed by atoms with Crippen molar-refractivity contribution >= 4 is 0 Å². The van der Waals surface area contributed by atoms with Crippen LogP contribution in [0.3, 0.4) is 0 Å². The van der Waals surface area contributed by atoms with Crippen LogP contribution in [0.5, 0.6) is 0 Å². The monoisotopic (exact) mass is 217 g/mol. The summed E-state index contributed by atoms with van der Waals surface area (Å²) in [5, 5.41) is 8.84. The Bertz CT molecular complexity index is 393. The van der Waals surface area contributed by atoms with Crippen molar-refractivity contribution in [3.05, 3.63) is 29.6 Å². The van der Waals surface area contributed by atoms with E-state index in [1.807, 2.05) is 6.07 Å². The van der Waals surface area contributed by atoms with Crippen molar-refractivity contribution in [2.24, 2.45) is 0 Å². The van der Waals surface area contributed by atoms with E-state index in [4.69, 9.17) is 10.00 Å². The van der Waals surface area contributed by atoms with Crippen LogP contribution in [0.2, 0.25) is 0 Å². The van der Waals surface area contributed by atoms with Gasteiger partial charge in [-0.15, -0.1) is 0 Å². The predicted molar refractivity (Wildman–Crippen MR) is 59.8 cm³/mol. The zero-order valence-corrected chi connectivity index (χ0v) is 9.39. The lowest BCUT2D eigenvalue weighted by molar-refractivity contribution is 0.0190. The second-order valence-electron chi connectivity index (χ2n) is 3.91. The number of pyridine rings is 1. The van der Waals surface area contributed by atoms with Gasteiger partial charge in [-0.3, -0.25) is 9.88 Å². The quantitative estimate of drug-likeness (QED) is 0.750. The molecule has 4 heteroatoms. The first-order valence-corrected chi connectivity index (χ1v) is 5.49. The third-order valence-corrected chi connectivity index (χ3v) is 2.93. The van der Waals surface area contributed by atoms with Gasteiger partial charge in [0.1, 0.15) is 0 Å². The van der Waals surface area contributed by atoms with E-state index in [-0.39, 0.29) is 6.04 Å². The molecular weight excluding hydrogens is 202 g/mol. The van der Waals surface area contributed by atoms with Crippen molar-refractivity contribution in [1.29, 1.82) is 5.26 Å². The number of nitriles is 1. The van der Waals surface area contributed by atoms with Gasteiger partial charge < -0.3 is 4.74 Å². The molecule has 4 nitrogen and oxygen atoms in total. The lowest BCUT2D eigenvalue weighted by Crippen LogP contribution is -2.38. The number of hydrogen-bond donors (Lipinski definition) is 0. The molecule has 0 N–H and O–H groups in total. The second-order valence-corrected chi connectivity index (χ2v) is 3.91. The van der Waals surface area contributed by atoms with Crippen LogP contribution in [0, 0.1) is 11.3 Å². The van der Waals surface area contributed by atoms with Crippen LogP contribution in [0.1, 0.15) is 24.2 Å². The minimum absolute atomic E-state index is 0.247. The molecule has 0 spiro atoms. The average Bonchev–Trinajstić information content (AvgIpc) is 2.39. The molecule has 0 aromatic carbocycles. The van der Waals surface area contributed by atoms with Crippen molar-refractivity contribution < 1.29 is 4.74 Å². The summed E-state index contributed by atoms with van der Waals surface area (Å²) in [5.41, 5.74) is 1.63. The Labute approximate surface area is 95.5 Å². The van der Waals surface area contributed by atoms with E-state index in [2.05, 4.69) is 22.9 Å². The summed E-state index contributed by atoms with van der Waals surface area (Å²) in [6.45, 7) is 5.54. The molecule has 1 aromatic rings. The molecule has 0 saturated carbocycles. The Morgan fingerprint density at radius 1 is 1.50 bits per heavy atom. The van der Waals surface area contributed by atoms with Crippen molar-refractivity contribution in [3.63, 3.8) is 0 Å². The van der Waals surface area contributed by atoms with Gasteiger partial charge in [0, 0.05) is 25.3 Å². The Morgan fingerprint density at radius 2 is 2.25 bits per heavy atom. The molecule has 1 unspecified atom stereocenters. The van der Waals surface area contributed by atoms with Gasteiger partial charge in [0.25, 0.3) is 0 Å². The summed E-state index contributed by atoms with van der Waals surface area (Å²) in [4.78, 5) is 6.66. The number of aromatic nitrogens is 1. The maximum absolute atomic E-state index is 8.84. The van der Waals surface area contributed by atoms with E-state index < -0.39 is 0 Å². The van der Waals surface area contributed by atoms with Gasteiger partial charge in [0.15, 0.2) is 0 Å². The Balaban J connectivity index is 2.13. The van der Waals surface area contributed by atoms with E-state index in [0.29, 0.717) is 5.56 Å². The van der Waals surface area contributed by atoms with Crippen LogP contribution < -0.4 is 0 Å². The molecule has 1 saturated heterocycles. The van der Waals surface area contributed by atoms with Gasteiger partial charge in [-0.1, -0.05) is 0 Å². The van der Waals surface area contributed by atoms with Gasteiger partial charge in [-0.05, 0) is 19.1 Å². The van der Waals surface area contributed by atoms with Crippen molar-refractivity contribution in [1.82, 2.24) is 9.88 Å². The molecule has 1 aliphatic heterocycles. The van der Waals surface area contributed by atoms with Gasteiger partial charge in [0.2, 0.25) is 0 Å². The fraction of sp³-hybridized carbons (Fsp3) is 0.500. The molecule has 84 valence electrons. The predicted octanol–water partition coefficient (Wildman–Crippen LogP) is 1.35. The maximum Gasteiger partial charge on any atom is 0.0992 e. The third kappa shape index (κ3) is 2.38. The largest absolute Gasteiger partial charge is 0.379 e. The SMILES string of the molecule is CC(c1cc(C#N)ccn1)N1CCOCC1. The molecule has 1 aromatic heterocycles. The molecule has 0 amide bonds. The van der Waals surface area contributed by atoms with Crippen LogP contribution in [-0.4, -0.2) is 36.2 Å². The summed E-state index contributed by atoms with van der Waals surface area (Å²) in [7, 11) is 0. The molecular formula is C12H15N3O. The Morgan fingerprint density at radius 3 is 2.94 bits per heavy atom. The van der Waals surface area contributed by atoms with Crippen LogP contribution >= 0.6 is 0 Å². The molecule has 1 aliphatic rings. The molecule has 0 radical (unpaired) electrons. The van der Waals surface area contributed by atoms with E-state index >= 15 is 0 Å². The smallest absolute Gasteiger partial charge is 0.0992 e. The van der Waals surface area contributed by atoms with E-state index in [1.54, 1.807) is 12.3 Å². The number of morpholine rings is 1. The molecule has 0 aliphatic carbocycles. The fourth-order valence-electron chi connectivity index (χ4n) is 1.90. The summed E-state index contributed by atoms with van der Waals surface area (Å²) in [6.07, 6.45) is 1.70. The highest BCUT2D eigenvalue weighted by atomic mass is 16.5. The van der Waals surface area contributed by atoms with Crippen molar-refractivity contribution in [3.8, 4) is 6.07 Å².